The maximum atomic E-state index is 10.7. The van der Waals surface area contributed by atoms with Crippen LogP contribution in [0.5, 0.6) is 0 Å². The zero-order valence-corrected chi connectivity index (χ0v) is 6.63. The zero-order chi connectivity index (χ0) is 8.27. The maximum absolute atomic E-state index is 10.7. The second-order valence-corrected chi connectivity index (χ2v) is 2.57. The third-order valence-corrected chi connectivity index (χ3v) is 1.14. The maximum Gasteiger partial charge on any atom is 0.336 e. The fourth-order valence-electron chi connectivity index (χ4n) is 0.768. The van der Waals surface area contributed by atoms with E-state index in [2.05, 4.69) is 0 Å². The van der Waals surface area contributed by atoms with Crippen molar-refractivity contribution in [2.45, 2.75) is 13.8 Å². The summed E-state index contributed by atoms with van der Waals surface area (Å²) in [5, 5.41) is 0. The molecule has 0 aliphatic heterocycles. The third-order valence-electron chi connectivity index (χ3n) is 1.14. The molecule has 0 saturated carbocycles. The van der Waals surface area contributed by atoms with Crippen LogP contribution in [0, 0.1) is 0 Å². The van der Waals surface area contributed by atoms with Gasteiger partial charge in [-0.1, -0.05) is 11.6 Å². The normalized spacial score (nSPS) is 9.27. The highest BCUT2D eigenvalue weighted by Gasteiger charge is 1.89. The summed E-state index contributed by atoms with van der Waals surface area (Å²) < 4.78 is 4.86. The molecule has 1 aromatic heterocycles. The first-order valence-electron chi connectivity index (χ1n) is 3.43. The van der Waals surface area contributed by atoms with Crippen LogP contribution in [0.1, 0.15) is 19.6 Å². The summed E-state index contributed by atoms with van der Waals surface area (Å²) in [6.07, 6.45) is 1.82. The molecule has 0 aliphatic rings. The van der Waals surface area contributed by atoms with Gasteiger partial charge in [-0.3, -0.25) is 0 Å². The van der Waals surface area contributed by atoms with E-state index in [0.29, 0.717) is 5.76 Å². The van der Waals surface area contributed by atoms with Gasteiger partial charge in [0.15, 0.2) is 0 Å². The minimum atomic E-state index is -0.306. The van der Waals surface area contributed by atoms with E-state index >= 15 is 0 Å². The highest BCUT2D eigenvalue weighted by Crippen LogP contribution is 2.01. The van der Waals surface area contributed by atoms with E-state index in [0.717, 1.165) is 5.57 Å². The van der Waals surface area contributed by atoms with Crippen molar-refractivity contribution in [1.29, 1.82) is 0 Å². The highest BCUT2D eigenvalue weighted by molar-refractivity contribution is 5.44. The fraction of sp³-hybridized carbons (Fsp3) is 0.222. The van der Waals surface area contributed by atoms with Gasteiger partial charge in [0.2, 0.25) is 0 Å². The number of hydrogen-bond donors (Lipinski definition) is 0. The van der Waals surface area contributed by atoms with Crippen LogP contribution in [-0.2, 0) is 0 Å². The first-order chi connectivity index (χ1) is 5.18. The van der Waals surface area contributed by atoms with Crippen molar-refractivity contribution < 1.29 is 4.42 Å². The van der Waals surface area contributed by atoms with Gasteiger partial charge in [0.25, 0.3) is 0 Å². The van der Waals surface area contributed by atoms with E-state index < -0.39 is 0 Å². The summed E-state index contributed by atoms with van der Waals surface area (Å²) in [6, 6.07) is 4.83. The Labute approximate surface area is 65.2 Å². The molecule has 0 radical (unpaired) electrons. The van der Waals surface area contributed by atoms with Crippen molar-refractivity contribution in [3.8, 4) is 0 Å². The van der Waals surface area contributed by atoms with Gasteiger partial charge in [-0.2, -0.15) is 0 Å². The summed E-state index contributed by atoms with van der Waals surface area (Å²) in [7, 11) is 0. The molecule has 0 spiro atoms. The minimum absolute atomic E-state index is 0.306. The van der Waals surface area contributed by atoms with Crippen LogP contribution in [0.2, 0.25) is 0 Å². The molecule has 0 bridgehead atoms. The number of rotatable bonds is 1. The van der Waals surface area contributed by atoms with Gasteiger partial charge >= 0.3 is 5.63 Å². The average Bonchev–Trinajstić information content (AvgIpc) is 1.85. The van der Waals surface area contributed by atoms with Crippen LogP contribution < -0.4 is 5.63 Å². The lowest BCUT2D eigenvalue weighted by atomic mass is 10.3. The molecule has 0 atom stereocenters. The van der Waals surface area contributed by atoms with E-state index in [1.165, 1.54) is 6.07 Å². The van der Waals surface area contributed by atoms with Gasteiger partial charge < -0.3 is 4.42 Å². The first kappa shape index (κ1) is 7.79. The molecule has 1 aromatic rings. The Morgan fingerprint density at radius 3 is 2.73 bits per heavy atom. The molecule has 0 fully saturated rings. The quantitative estimate of drug-likeness (QED) is 0.613. The van der Waals surface area contributed by atoms with E-state index in [4.69, 9.17) is 4.42 Å². The van der Waals surface area contributed by atoms with Gasteiger partial charge in [0.05, 0.1) is 0 Å². The standard InChI is InChI=1S/C9H10O2/c1-7(2)6-8-4-3-5-9(10)11-8/h3-6H,1-2H3. The van der Waals surface area contributed by atoms with Gasteiger partial charge in [0.1, 0.15) is 5.76 Å². The smallest absolute Gasteiger partial charge is 0.336 e. The van der Waals surface area contributed by atoms with Gasteiger partial charge in [-0.25, -0.2) is 4.79 Å². The van der Waals surface area contributed by atoms with Crippen LogP contribution in [0.15, 0.2) is 33.0 Å². The Kier molecular flexibility index (Phi) is 2.26. The molecular weight excluding hydrogens is 140 g/mol. The molecule has 0 aliphatic carbocycles. The molecule has 2 nitrogen and oxygen atoms in total. The van der Waals surface area contributed by atoms with Gasteiger partial charge in [-0.15, -0.1) is 0 Å². The molecule has 1 heterocycles. The predicted molar refractivity (Wildman–Crippen MR) is 44.3 cm³/mol. The summed E-state index contributed by atoms with van der Waals surface area (Å²) in [4.78, 5) is 10.7. The molecule has 11 heavy (non-hydrogen) atoms. The molecule has 0 unspecified atom stereocenters. The zero-order valence-electron chi connectivity index (χ0n) is 6.63. The summed E-state index contributed by atoms with van der Waals surface area (Å²) in [6.45, 7) is 3.90. The van der Waals surface area contributed by atoms with E-state index in [-0.39, 0.29) is 5.63 Å². The monoisotopic (exact) mass is 150 g/mol. The Balaban J connectivity index is 3.07. The Morgan fingerprint density at radius 2 is 2.18 bits per heavy atom. The van der Waals surface area contributed by atoms with E-state index in [1.54, 1.807) is 12.1 Å². The largest absolute Gasteiger partial charge is 0.423 e. The van der Waals surface area contributed by atoms with Crippen molar-refractivity contribution in [3.05, 3.63) is 40.0 Å². The van der Waals surface area contributed by atoms with Crippen LogP contribution >= 0.6 is 0 Å². The average molecular weight is 150 g/mol. The van der Waals surface area contributed by atoms with E-state index in [9.17, 15) is 4.79 Å². The number of allylic oxidation sites excluding steroid dienone is 1. The van der Waals surface area contributed by atoms with Crippen molar-refractivity contribution in [2.24, 2.45) is 0 Å². The van der Waals surface area contributed by atoms with Gasteiger partial charge in [-0.05, 0) is 26.0 Å². The lowest BCUT2D eigenvalue weighted by Crippen LogP contribution is -1.94. The Morgan fingerprint density at radius 1 is 1.45 bits per heavy atom. The van der Waals surface area contributed by atoms with Crippen molar-refractivity contribution in [2.75, 3.05) is 0 Å². The van der Waals surface area contributed by atoms with E-state index in [1.807, 2.05) is 19.9 Å². The predicted octanol–water partition coefficient (Wildman–Crippen LogP) is 2.06. The molecule has 0 N–H and O–H groups in total. The van der Waals surface area contributed by atoms with Gasteiger partial charge in [0, 0.05) is 6.07 Å². The topological polar surface area (TPSA) is 30.2 Å². The molecule has 1 rings (SSSR count). The Hall–Kier alpha value is -1.31. The van der Waals surface area contributed by atoms with Crippen LogP contribution in [0.4, 0.5) is 0 Å². The van der Waals surface area contributed by atoms with Crippen LogP contribution in [0.25, 0.3) is 6.08 Å². The molecule has 0 amide bonds. The van der Waals surface area contributed by atoms with Crippen molar-refractivity contribution >= 4 is 6.08 Å². The molecule has 0 saturated heterocycles. The lowest BCUT2D eigenvalue weighted by molar-refractivity contribution is 0.501. The SMILES string of the molecule is CC(C)=Cc1cccc(=O)o1. The summed E-state index contributed by atoms with van der Waals surface area (Å²) in [5.41, 5.74) is 0.805. The molecule has 58 valence electrons. The lowest BCUT2D eigenvalue weighted by Gasteiger charge is -1.90. The van der Waals surface area contributed by atoms with Crippen molar-refractivity contribution in [1.82, 2.24) is 0 Å². The minimum Gasteiger partial charge on any atom is -0.423 e. The second kappa shape index (κ2) is 3.19. The second-order valence-electron chi connectivity index (χ2n) is 2.57. The van der Waals surface area contributed by atoms with Crippen LogP contribution in [-0.4, -0.2) is 0 Å². The Bertz CT molecular complexity index is 316. The fourth-order valence-corrected chi connectivity index (χ4v) is 0.768. The molecular formula is C9H10O2. The molecule has 0 aromatic carbocycles. The summed E-state index contributed by atoms with van der Waals surface area (Å²) in [5.74, 6) is 0.609. The summed E-state index contributed by atoms with van der Waals surface area (Å²) >= 11 is 0. The van der Waals surface area contributed by atoms with Crippen LogP contribution in [0.3, 0.4) is 0 Å². The third kappa shape index (κ3) is 2.42. The first-order valence-corrected chi connectivity index (χ1v) is 3.43. The number of hydrogen-bond acceptors (Lipinski definition) is 2. The highest BCUT2D eigenvalue weighted by atomic mass is 16.4. The molecule has 2 heteroatoms. The van der Waals surface area contributed by atoms with Crippen molar-refractivity contribution in [3.63, 3.8) is 0 Å².